The molecular weight excluding hydrogens is 408 g/mol. The fourth-order valence-corrected chi connectivity index (χ4v) is 5.42. The van der Waals surface area contributed by atoms with Crippen LogP contribution >= 0.6 is 43.2 Å². The number of hydrogen-bond acceptors (Lipinski definition) is 5. The molecule has 0 amide bonds. The van der Waals surface area contributed by atoms with Crippen LogP contribution in [-0.2, 0) is 14.6 Å². The molecule has 4 nitrogen and oxygen atoms in total. The van der Waals surface area contributed by atoms with Crippen LogP contribution in [-0.4, -0.2) is 39.4 Å². The van der Waals surface area contributed by atoms with Gasteiger partial charge in [-0.2, -0.15) is 0 Å². The fraction of sp³-hybridized carbons (Fsp3) is 0.500. The average Bonchev–Trinajstić information content (AvgIpc) is 2.57. The smallest absolute Gasteiger partial charge is 0.179 e. The third kappa shape index (κ3) is 5.08. The fourth-order valence-electron chi connectivity index (χ4n) is 1.30. The number of halogens is 2. The van der Waals surface area contributed by atoms with Crippen molar-refractivity contribution in [2.75, 3.05) is 25.2 Å². The van der Waals surface area contributed by atoms with E-state index in [-0.39, 0.29) is 11.5 Å². The van der Waals surface area contributed by atoms with E-state index in [1.54, 1.807) is 6.07 Å². The van der Waals surface area contributed by atoms with Gasteiger partial charge in [0.05, 0.1) is 13.3 Å². The summed E-state index contributed by atoms with van der Waals surface area (Å²) in [5.74, 6) is -0.880. The number of sulfone groups is 1. The molecule has 1 heterocycles. The van der Waals surface area contributed by atoms with E-state index in [9.17, 15) is 13.2 Å². The molecule has 0 aromatic carbocycles. The SMILES string of the molecule is COCCCS(=O)(=O)CC(=O)c1cc(Br)sc1Br. The normalized spacial score (nSPS) is 11.7. The maximum absolute atomic E-state index is 11.9. The van der Waals surface area contributed by atoms with Gasteiger partial charge in [0.2, 0.25) is 0 Å². The summed E-state index contributed by atoms with van der Waals surface area (Å²) < 4.78 is 29.6. The largest absolute Gasteiger partial charge is 0.385 e. The molecule has 0 radical (unpaired) electrons. The van der Waals surface area contributed by atoms with Crippen LogP contribution in [0.2, 0.25) is 0 Å². The highest BCUT2D eigenvalue weighted by Gasteiger charge is 2.21. The van der Waals surface area contributed by atoms with Crippen molar-refractivity contribution >= 4 is 58.8 Å². The minimum Gasteiger partial charge on any atom is -0.385 e. The van der Waals surface area contributed by atoms with E-state index < -0.39 is 15.6 Å². The van der Waals surface area contributed by atoms with Crippen molar-refractivity contribution < 1.29 is 17.9 Å². The van der Waals surface area contributed by atoms with Crippen molar-refractivity contribution in [3.63, 3.8) is 0 Å². The number of methoxy groups -OCH3 is 1. The lowest BCUT2D eigenvalue weighted by atomic mass is 10.2. The van der Waals surface area contributed by atoms with Crippen molar-refractivity contribution in [3.05, 3.63) is 19.2 Å². The Balaban J connectivity index is 2.67. The van der Waals surface area contributed by atoms with E-state index in [2.05, 4.69) is 31.9 Å². The number of ketones is 1. The molecule has 102 valence electrons. The molecule has 1 aromatic rings. The summed E-state index contributed by atoms with van der Waals surface area (Å²) in [5.41, 5.74) is 0.405. The second kappa shape index (κ2) is 7.14. The average molecular weight is 420 g/mol. The number of hydrogen-bond donors (Lipinski definition) is 0. The zero-order chi connectivity index (χ0) is 13.8. The van der Waals surface area contributed by atoms with Gasteiger partial charge in [0.25, 0.3) is 0 Å². The number of Topliss-reactive ketones (excluding diaryl/α,β-unsaturated/α-hetero) is 1. The zero-order valence-corrected chi connectivity index (χ0v) is 14.4. The van der Waals surface area contributed by atoms with Gasteiger partial charge in [-0.05, 0) is 44.3 Å². The second-order valence-electron chi connectivity index (χ2n) is 3.60. The van der Waals surface area contributed by atoms with Crippen LogP contribution in [0, 0.1) is 0 Å². The Hall–Kier alpha value is 0.240. The summed E-state index contributed by atoms with van der Waals surface area (Å²) in [6.07, 6.45) is 0.403. The molecular formula is C10H12Br2O4S2. The number of thiophene rings is 1. The predicted octanol–water partition coefficient (Wildman–Crippen LogP) is 2.91. The Labute approximate surface area is 127 Å². The molecule has 0 aliphatic heterocycles. The minimum absolute atomic E-state index is 0.0322. The Morgan fingerprint density at radius 2 is 2.11 bits per heavy atom. The Bertz CT molecular complexity index is 522. The molecule has 18 heavy (non-hydrogen) atoms. The summed E-state index contributed by atoms with van der Waals surface area (Å²) >= 11 is 7.84. The molecule has 0 bridgehead atoms. The van der Waals surface area contributed by atoms with Gasteiger partial charge >= 0.3 is 0 Å². The number of carbonyl (C=O) groups is 1. The molecule has 0 saturated heterocycles. The molecule has 0 saturated carbocycles. The van der Waals surface area contributed by atoms with Crippen molar-refractivity contribution in [1.29, 1.82) is 0 Å². The summed E-state index contributed by atoms with van der Waals surface area (Å²) in [7, 11) is -1.86. The summed E-state index contributed by atoms with van der Waals surface area (Å²) in [5, 5.41) is 0. The van der Waals surface area contributed by atoms with Crippen molar-refractivity contribution in [3.8, 4) is 0 Å². The standard InChI is InChI=1S/C10H12Br2O4S2/c1-16-3-2-4-18(14,15)6-8(13)7-5-9(11)17-10(7)12/h5H,2-4,6H2,1H3. The lowest BCUT2D eigenvalue weighted by Gasteiger charge is -2.03. The monoisotopic (exact) mass is 418 g/mol. The molecule has 1 rings (SSSR count). The van der Waals surface area contributed by atoms with Gasteiger partial charge in [0.15, 0.2) is 15.6 Å². The van der Waals surface area contributed by atoms with E-state index >= 15 is 0 Å². The molecule has 0 fully saturated rings. The van der Waals surface area contributed by atoms with E-state index in [4.69, 9.17) is 4.74 Å². The summed E-state index contributed by atoms with van der Waals surface area (Å²) in [6.45, 7) is 0.376. The van der Waals surface area contributed by atoms with Crippen molar-refractivity contribution in [1.82, 2.24) is 0 Å². The third-order valence-electron chi connectivity index (χ3n) is 2.11. The first kappa shape index (κ1) is 16.3. The van der Waals surface area contributed by atoms with Crippen LogP contribution in [0.1, 0.15) is 16.8 Å². The van der Waals surface area contributed by atoms with E-state index in [0.29, 0.717) is 22.4 Å². The Kier molecular flexibility index (Phi) is 6.46. The van der Waals surface area contributed by atoms with Gasteiger partial charge in [-0.3, -0.25) is 4.79 Å². The van der Waals surface area contributed by atoms with Gasteiger partial charge in [0, 0.05) is 19.3 Å². The first-order valence-corrected chi connectivity index (χ1v) is 9.25. The van der Waals surface area contributed by atoms with Gasteiger partial charge in [-0.1, -0.05) is 0 Å². The quantitative estimate of drug-likeness (QED) is 0.503. The van der Waals surface area contributed by atoms with E-state index in [0.717, 1.165) is 3.79 Å². The highest BCUT2D eigenvalue weighted by Crippen LogP contribution is 2.32. The second-order valence-corrected chi connectivity index (χ2v) is 9.53. The van der Waals surface area contributed by atoms with Crippen LogP contribution in [0.5, 0.6) is 0 Å². The highest BCUT2D eigenvalue weighted by atomic mass is 79.9. The Morgan fingerprint density at radius 1 is 1.44 bits per heavy atom. The zero-order valence-electron chi connectivity index (χ0n) is 9.61. The highest BCUT2D eigenvalue weighted by molar-refractivity contribution is 9.12. The molecule has 0 aliphatic rings. The topological polar surface area (TPSA) is 60.4 Å². The van der Waals surface area contributed by atoms with Gasteiger partial charge in [-0.25, -0.2) is 8.42 Å². The lowest BCUT2D eigenvalue weighted by Crippen LogP contribution is -2.19. The van der Waals surface area contributed by atoms with Crippen molar-refractivity contribution in [2.24, 2.45) is 0 Å². The Morgan fingerprint density at radius 3 is 2.61 bits per heavy atom. The number of rotatable bonds is 7. The van der Waals surface area contributed by atoms with Gasteiger partial charge in [-0.15, -0.1) is 11.3 Å². The predicted molar refractivity (Wildman–Crippen MR) is 79.2 cm³/mol. The third-order valence-corrected chi connectivity index (χ3v) is 6.06. The van der Waals surface area contributed by atoms with E-state index in [1.807, 2.05) is 0 Å². The minimum atomic E-state index is -3.37. The molecule has 1 aromatic heterocycles. The lowest BCUT2D eigenvalue weighted by molar-refractivity contribution is 0.102. The number of ether oxygens (including phenoxy) is 1. The van der Waals surface area contributed by atoms with Crippen LogP contribution in [0.25, 0.3) is 0 Å². The summed E-state index contributed by atoms with van der Waals surface area (Å²) in [6, 6.07) is 1.63. The summed E-state index contributed by atoms with van der Waals surface area (Å²) in [4.78, 5) is 11.9. The number of carbonyl (C=O) groups excluding carboxylic acids is 1. The van der Waals surface area contributed by atoms with Crippen LogP contribution in [0.15, 0.2) is 13.6 Å². The molecule has 0 N–H and O–H groups in total. The molecule has 0 atom stereocenters. The van der Waals surface area contributed by atoms with Crippen LogP contribution in [0.3, 0.4) is 0 Å². The molecule has 0 aliphatic carbocycles. The maximum Gasteiger partial charge on any atom is 0.179 e. The molecule has 0 unspecified atom stereocenters. The van der Waals surface area contributed by atoms with E-state index in [1.165, 1.54) is 18.4 Å². The van der Waals surface area contributed by atoms with Crippen LogP contribution in [0.4, 0.5) is 0 Å². The molecule has 8 heteroatoms. The first-order valence-electron chi connectivity index (χ1n) is 5.03. The first-order chi connectivity index (χ1) is 8.35. The maximum atomic E-state index is 11.9. The van der Waals surface area contributed by atoms with Gasteiger partial charge in [0.1, 0.15) is 5.75 Å². The molecule has 0 spiro atoms. The van der Waals surface area contributed by atoms with Crippen LogP contribution < -0.4 is 0 Å². The van der Waals surface area contributed by atoms with Crippen molar-refractivity contribution in [2.45, 2.75) is 6.42 Å². The van der Waals surface area contributed by atoms with Gasteiger partial charge < -0.3 is 4.74 Å².